The van der Waals surface area contributed by atoms with E-state index in [2.05, 4.69) is 34.1 Å². The Morgan fingerprint density at radius 2 is 2.16 bits per heavy atom. The molecule has 1 N–H and O–H groups in total. The zero-order chi connectivity index (χ0) is 13.7. The Kier molecular flexibility index (Phi) is 5.24. The molecule has 1 fully saturated rings. The van der Waals surface area contributed by atoms with E-state index in [9.17, 15) is 4.39 Å². The predicted octanol–water partition coefficient (Wildman–Crippen LogP) is 1.12. The number of aromatic nitrogens is 1. The van der Waals surface area contributed by atoms with E-state index in [0.717, 1.165) is 44.8 Å². The summed E-state index contributed by atoms with van der Waals surface area (Å²) in [6.07, 6.45) is 2.99. The largest absolute Gasteiger partial charge is 0.314 e. The lowest BCUT2D eigenvalue weighted by Crippen LogP contribution is -2.46. The highest BCUT2D eigenvalue weighted by Gasteiger charge is 2.15. The number of hydrogen-bond acceptors (Lipinski definition) is 4. The number of nitrogens with one attached hydrogen (secondary N) is 1. The summed E-state index contributed by atoms with van der Waals surface area (Å²) in [5.41, 5.74) is 0.933. The number of halogens is 1. The first-order chi connectivity index (χ1) is 9.16. The summed E-state index contributed by atoms with van der Waals surface area (Å²) >= 11 is 0. The Morgan fingerprint density at radius 1 is 1.42 bits per heavy atom. The molecule has 0 spiro atoms. The summed E-state index contributed by atoms with van der Waals surface area (Å²) in [4.78, 5) is 8.63. The van der Waals surface area contributed by atoms with Gasteiger partial charge in [0.1, 0.15) is 5.82 Å². The van der Waals surface area contributed by atoms with Gasteiger partial charge in [-0.1, -0.05) is 0 Å². The van der Waals surface area contributed by atoms with Crippen molar-refractivity contribution in [3.05, 3.63) is 29.8 Å². The fourth-order valence-electron chi connectivity index (χ4n) is 2.34. The van der Waals surface area contributed by atoms with Gasteiger partial charge in [-0.25, -0.2) is 4.39 Å². The highest BCUT2D eigenvalue weighted by atomic mass is 19.1. The number of likely N-dealkylation sites (N-methyl/N-ethyl adjacent to an activating group) is 1. The van der Waals surface area contributed by atoms with Gasteiger partial charge in [0.25, 0.3) is 0 Å². The monoisotopic (exact) mass is 266 g/mol. The zero-order valence-electron chi connectivity index (χ0n) is 11.8. The molecule has 19 heavy (non-hydrogen) atoms. The van der Waals surface area contributed by atoms with Gasteiger partial charge in [-0.2, -0.15) is 0 Å². The Hall–Kier alpha value is -1.04. The molecule has 0 aromatic carbocycles. The Labute approximate surface area is 114 Å². The minimum atomic E-state index is -0.264. The van der Waals surface area contributed by atoms with Crippen LogP contribution in [0.4, 0.5) is 4.39 Å². The smallest absolute Gasteiger partial charge is 0.141 e. The van der Waals surface area contributed by atoms with Gasteiger partial charge in [0.05, 0.1) is 6.20 Å². The first kappa shape index (κ1) is 14.4. The maximum Gasteiger partial charge on any atom is 0.141 e. The van der Waals surface area contributed by atoms with E-state index >= 15 is 0 Å². The van der Waals surface area contributed by atoms with Crippen LogP contribution in [0.25, 0.3) is 0 Å². The molecule has 0 bridgehead atoms. The lowest BCUT2D eigenvalue weighted by molar-refractivity contribution is 0.183. The molecule has 0 aliphatic carbocycles. The van der Waals surface area contributed by atoms with E-state index in [1.54, 1.807) is 12.3 Å². The molecule has 4 nitrogen and oxygen atoms in total. The molecular weight excluding hydrogens is 243 g/mol. The third-order valence-electron chi connectivity index (χ3n) is 3.85. The van der Waals surface area contributed by atoms with Crippen LogP contribution >= 0.6 is 0 Å². The Bertz CT molecular complexity index is 393. The van der Waals surface area contributed by atoms with Crippen molar-refractivity contribution < 1.29 is 4.39 Å². The van der Waals surface area contributed by atoms with Gasteiger partial charge in [-0.3, -0.25) is 14.8 Å². The molecule has 106 valence electrons. The molecule has 2 heterocycles. The third-order valence-corrected chi connectivity index (χ3v) is 3.85. The topological polar surface area (TPSA) is 31.4 Å². The molecular formula is C14H23FN4. The van der Waals surface area contributed by atoms with Crippen molar-refractivity contribution in [1.82, 2.24) is 20.1 Å². The van der Waals surface area contributed by atoms with Gasteiger partial charge in [0, 0.05) is 51.5 Å². The second-order valence-electron chi connectivity index (χ2n) is 5.18. The second kappa shape index (κ2) is 6.93. The zero-order valence-corrected chi connectivity index (χ0v) is 11.8. The third kappa shape index (κ3) is 4.23. The molecule has 1 aliphatic heterocycles. The van der Waals surface area contributed by atoms with Gasteiger partial charge in [0.2, 0.25) is 0 Å². The normalized spacial score (nSPS) is 18.7. The molecule has 1 saturated heterocycles. The summed E-state index contributed by atoms with van der Waals surface area (Å²) in [5, 5.41) is 3.35. The number of pyridine rings is 1. The SMILES string of the molecule is CC(c1cncc(F)c1)N(C)CCN1CCNCC1. The summed E-state index contributed by atoms with van der Waals surface area (Å²) in [6, 6.07) is 1.75. The Morgan fingerprint density at radius 3 is 2.84 bits per heavy atom. The summed E-state index contributed by atoms with van der Waals surface area (Å²) in [7, 11) is 2.08. The maximum atomic E-state index is 13.2. The van der Waals surface area contributed by atoms with Crippen LogP contribution in [0, 0.1) is 5.82 Å². The van der Waals surface area contributed by atoms with Crippen LogP contribution in [0.1, 0.15) is 18.5 Å². The molecule has 1 aromatic heterocycles. The van der Waals surface area contributed by atoms with E-state index in [1.165, 1.54) is 6.20 Å². The van der Waals surface area contributed by atoms with Crippen LogP contribution in [0.5, 0.6) is 0 Å². The molecule has 0 amide bonds. The lowest BCUT2D eigenvalue weighted by Gasteiger charge is -2.31. The first-order valence-corrected chi connectivity index (χ1v) is 6.90. The summed E-state index contributed by atoms with van der Waals surface area (Å²) < 4.78 is 13.2. The quantitative estimate of drug-likeness (QED) is 0.865. The predicted molar refractivity (Wildman–Crippen MR) is 74.5 cm³/mol. The molecule has 1 aromatic rings. The highest BCUT2D eigenvalue weighted by Crippen LogP contribution is 2.18. The number of nitrogens with zero attached hydrogens (tertiary/aromatic N) is 3. The van der Waals surface area contributed by atoms with Crippen LogP contribution < -0.4 is 5.32 Å². The van der Waals surface area contributed by atoms with Crippen LogP contribution in [0.15, 0.2) is 18.5 Å². The van der Waals surface area contributed by atoms with Gasteiger partial charge < -0.3 is 5.32 Å². The number of rotatable bonds is 5. The summed E-state index contributed by atoms with van der Waals surface area (Å²) in [6.45, 7) is 8.52. The molecule has 1 aliphatic rings. The van der Waals surface area contributed by atoms with Crippen LogP contribution in [-0.2, 0) is 0 Å². The highest BCUT2D eigenvalue weighted by molar-refractivity contribution is 5.14. The number of piperazine rings is 1. The van der Waals surface area contributed by atoms with Crippen molar-refractivity contribution in [3.8, 4) is 0 Å². The van der Waals surface area contributed by atoms with E-state index < -0.39 is 0 Å². The average Bonchev–Trinajstić information content (AvgIpc) is 2.45. The molecule has 1 atom stereocenters. The van der Waals surface area contributed by atoms with Crippen molar-refractivity contribution in [2.75, 3.05) is 46.3 Å². The Balaban J connectivity index is 1.83. The minimum Gasteiger partial charge on any atom is -0.314 e. The first-order valence-electron chi connectivity index (χ1n) is 6.90. The average molecular weight is 266 g/mol. The number of hydrogen-bond donors (Lipinski definition) is 1. The lowest BCUT2D eigenvalue weighted by atomic mass is 10.1. The van der Waals surface area contributed by atoms with E-state index in [-0.39, 0.29) is 11.9 Å². The van der Waals surface area contributed by atoms with Crippen LogP contribution in [0.2, 0.25) is 0 Å². The van der Waals surface area contributed by atoms with Crippen molar-refractivity contribution >= 4 is 0 Å². The fraction of sp³-hybridized carbons (Fsp3) is 0.643. The van der Waals surface area contributed by atoms with E-state index in [1.807, 2.05) is 0 Å². The summed E-state index contributed by atoms with van der Waals surface area (Å²) in [5.74, 6) is -0.264. The van der Waals surface area contributed by atoms with Crippen molar-refractivity contribution in [2.24, 2.45) is 0 Å². The molecule has 0 radical (unpaired) electrons. The van der Waals surface area contributed by atoms with Gasteiger partial charge in [-0.05, 0) is 25.6 Å². The van der Waals surface area contributed by atoms with E-state index in [4.69, 9.17) is 0 Å². The molecule has 0 saturated carbocycles. The maximum absolute atomic E-state index is 13.2. The van der Waals surface area contributed by atoms with Gasteiger partial charge in [0.15, 0.2) is 0 Å². The second-order valence-corrected chi connectivity index (χ2v) is 5.18. The van der Waals surface area contributed by atoms with Crippen LogP contribution in [0.3, 0.4) is 0 Å². The fourth-order valence-corrected chi connectivity index (χ4v) is 2.34. The standard InChI is InChI=1S/C14H23FN4/c1-12(13-9-14(15)11-17-10-13)18(2)7-8-19-5-3-16-4-6-19/h9-12,16H,3-8H2,1-2H3. The van der Waals surface area contributed by atoms with Gasteiger partial charge >= 0.3 is 0 Å². The van der Waals surface area contributed by atoms with Crippen LogP contribution in [-0.4, -0.2) is 61.1 Å². The minimum absolute atomic E-state index is 0.186. The van der Waals surface area contributed by atoms with Crippen molar-refractivity contribution in [2.45, 2.75) is 13.0 Å². The molecule has 2 rings (SSSR count). The van der Waals surface area contributed by atoms with Crippen molar-refractivity contribution in [3.63, 3.8) is 0 Å². The molecule has 5 heteroatoms. The molecule has 1 unspecified atom stereocenters. The van der Waals surface area contributed by atoms with Gasteiger partial charge in [-0.15, -0.1) is 0 Å². The van der Waals surface area contributed by atoms with Crippen molar-refractivity contribution in [1.29, 1.82) is 0 Å². The van der Waals surface area contributed by atoms with E-state index in [0.29, 0.717) is 0 Å².